The van der Waals surface area contributed by atoms with Crippen molar-refractivity contribution in [3.8, 4) is 0 Å². The van der Waals surface area contributed by atoms with Crippen LogP contribution in [-0.2, 0) is 14.3 Å². The molecular formula is C17H24N2O5. The molecule has 2 fully saturated rings. The molecule has 7 nitrogen and oxygen atoms in total. The molecule has 2 aliphatic rings. The predicted molar refractivity (Wildman–Crippen MR) is 85.6 cm³/mol. The lowest BCUT2D eigenvalue weighted by atomic mass is 10.2. The molecule has 0 radical (unpaired) electrons. The molecule has 132 valence electrons. The number of carbonyl (C=O) groups excluding carboxylic acids is 2. The number of hydrogen-bond acceptors (Lipinski definition) is 5. The Balaban J connectivity index is 1.58. The number of ether oxygens (including phenoxy) is 2. The highest BCUT2D eigenvalue weighted by atomic mass is 16.5. The lowest BCUT2D eigenvalue weighted by Crippen LogP contribution is -2.43. The van der Waals surface area contributed by atoms with Crippen LogP contribution in [-0.4, -0.2) is 73.7 Å². The van der Waals surface area contributed by atoms with Crippen LogP contribution in [0.5, 0.6) is 0 Å². The van der Waals surface area contributed by atoms with E-state index in [1.165, 1.54) is 12.5 Å². The first-order valence-electron chi connectivity index (χ1n) is 8.52. The van der Waals surface area contributed by atoms with E-state index in [0.29, 0.717) is 51.4 Å². The van der Waals surface area contributed by atoms with E-state index in [2.05, 4.69) is 0 Å². The van der Waals surface area contributed by atoms with Crippen molar-refractivity contribution in [2.45, 2.75) is 25.4 Å². The van der Waals surface area contributed by atoms with Gasteiger partial charge >= 0.3 is 0 Å². The number of nitrogens with zero attached hydrogens (tertiary/aromatic N) is 2. The molecule has 0 saturated carbocycles. The molecule has 1 atom stereocenters. The highest BCUT2D eigenvalue weighted by Crippen LogP contribution is 2.16. The van der Waals surface area contributed by atoms with Gasteiger partial charge in [-0.25, -0.2) is 0 Å². The zero-order chi connectivity index (χ0) is 16.8. The van der Waals surface area contributed by atoms with Crippen molar-refractivity contribution in [3.05, 3.63) is 24.2 Å². The Hall–Kier alpha value is -1.86. The molecule has 3 heterocycles. The molecule has 0 aliphatic carbocycles. The Morgan fingerprint density at radius 3 is 2.75 bits per heavy atom. The van der Waals surface area contributed by atoms with Gasteiger partial charge < -0.3 is 23.7 Å². The van der Waals surface area contributed by atoms with Crippen LogP contribution in [0.4, 0.5) is 0 Å². The molecule has 1 aromatic heterocycles. The molecular weight excluding hydrogens is 312 g/mol. The smallest absolute Gasteiger partial charge is 0.257 e. The van der Waals surface area contributed by atoms with E-state index in [0.717, 1.165) is 19.4 Å². The van der Waals surface area contributed by atoms with Crippen LogP contribution in [0.1, 0.15) is 29.6 Å². The molecule has 3 rings (SSSR count). The molecule has 1 aromatic rings. The van der Waals surface area contributed by atoms with E-state index in [4.69, 9.17) is 13.9 Å². The second kappa shape index (κ2) is 8.30. The van der Waals surface area contributed by atoms with Crippen molar-refractivity contribution in [2.24, 2.45) is 0 Å². The Morgan fingerprint density at radius 2 is 2.08 bits per heavy atom. The third-order valence-corrected chi connectivity index (χ3v) is 4.46. The van der Waals surface area contributed by atoms with Gasteiger partial charge in [0.2, 0.25) is 5.91 Å². The van der Waals surface area contributed by atoms with Crippen LogP contribution in [0.25, 0.3) is 0 Å². The summed E-state index contributed by atoms with van der Waals surface area (Å²) < 4.78 is 15.9. The first-order valence-corrected chi connectivity index (χ1v) is 8.52. The minimum atomic E-state index is -0.117. The molecule has 0 bridgehead atoms. The third kappa shape index (κ3) is 4.36. The Bertz CT molecular complexity index is 533. The maximum Gasteiger partial charge on any atom is 0.257 e. The quantitative estimate of drug-likeness (QED) is 0.779. The topological polar surface area (TPSA) is 72.2 Å². The van der Waals surface area contributed by atoms with Crippen LogP contribution >= 0.6 is 0 Å². The van der Waals surface area contributed by atoms with E-state index >= 15 is 0 Å². The van der Waals surface area contributed by atoms with Crippen LogP contribution in [0.2, 0.25) is 0 Å². The van der Waals surface area contributed by atoms with Crippen molar-refractivity contribution >= 4 is 11.8 Å². The third-order valence-electron chi connectivity index (χ3n) is 4.46. The normalized spacial score (nSPS) is 21.0. The van der Waals surface area contributed by atoms with E-state index < -0.39 is 0 Å². The zero-order valence-electron chi connectivity index (χ0n) is 13.8. The predicted octanol–water partition coefficient (Wildman–Crippen LogP) is 1.15. The average Bonchev–Trinajstić information content (AvgIpc) is 3.32. The number of amides is 2. The first kappa shape index (κ1) is 17.0. The molecule has 0 unspecified atom stereocenters. The maximum atomic E-state index is 12.6. The number of rotatable bonds is 6. The van der Waals surface area contributed by atoms with E-state index in [9.17, 15) is 9.59 Å². The summed E-state index contributed by atoms with van der Waals surface area (Å²) in [5, 5.41) is 0. The molecule has 2 amide bonds. The van der Waals surface area contributed by atoms with Gasteiger partial charge in [-0.05, 0) is 18.9 Å². The molecule has 0 spiro atoms. The summed E-state index contributed by atoms with van der Waals surface area (Å²) in [7, 11) is 0. The fraction of sp³-hybridized carbons (Fsp3) is 0.647. The van der Waals surface area contributed by atoms with Crippen molar-refractivity contribution in [2.75, 3.05) is 46.0 Å². The average molecular weight is 336 g/mol. The number of carbonyl (C=O) groups is 2. The van der Waals surface area contributed by atoms with Gasteiger partial charge in [0.25, 0.3) is 5.91 Å². The lowest BCUT2D eigenvalue weighted by Gasteiger charge is -2.29. The van der Waals surface area contributed by atoms with Gasteiger partial charge in [-0.2, -0.15) is 0 Å². The molecule has 24 heavy (non-hydrogen) atoms. The second-order valence-electron chi connectivity index (χ2n) is 6.14. The monoisotopic (exact) mass is 336 g/mol. The lowest BCUT2D eigenvalue weighted by molar-refractivity contribution is -0.135. The molecule has 2 aliphatic heterocycles. The van der Waals surface area contributed by atoms with Gasteiger partial charge in [0.1, 0.15) is 6.26 Å². The minimum absolute atomic E-state index is 0.0549. The SMILES string of the molecule is O=C(CCN(C[C@@H]1CCCO1)C(=O)c1ccoc1)N1CCOCC1. The van der Waals surface area contributed by atoms with E-state index in [1.807, 2.05) is 0 Å². The summed E-state index contributed by atoms with van der Waals surface area (Å²) in [6.07, 6.45) is 5.26. The van der Waals surface area contributed by atoms with Crippen LogP contribution in [0.3, 0.4) is 0 Å². The molecule has 7 heteroatoms. The summed E-state index contributed by atoms with van der Waals surface area (Å²) in [4.78, 5) is 28.5. The van der Waals surface area contributed by atoms with Gasteiger partial charge in [-0.15, -0.1) is 0 Å². The van der Waals surface area contributed by atoms with Crippen molar-refractivity contribution in [1.29, 1.82) is 0 Å². The van der Waals surface area contributed by atoms with Gasteiger partial charge in [0, 0.05) is 39.2 Å². The zero-order valence-corrected chi connectivity index (χ0v) is 13.8. The van der Waals surface area contributed by atoms with Crippen LogP contribution < -0.4 is 0 Å². The van der Waals surface area contributed by atoms with Crippen LogP contribution in [0, 0.1) is 0 Å². The fourth-order valence-electron chi connectivity index (χ4n) is 3.08. The fourth-order valence-corrected chi connectivity index (χ4v) is 3.08. The molecule has 2 saturated heterocycles. The van der Waals surface area contributed by atoms with E-state index in [1.54, 1.807) is 15.9 Å². The maximum absolute atomic E-state index is 12.6. The van der Waals surface area contributed by atoms with Gasteiger partial charge in [-0.3, -0.25) is 9.59 Å². The van der Waals surface area contributed by atoms with Gasteiger partial charge in [-0.1, -0.05) is 0 Å². The van der Waals surface area contributed by atoms with Crippen molar-refractivity contribution in [3.63, 3.8) is 0 Å². The Labute approximate surface area is 141 Å². The summed E-state index contributed by atoms with van der Waals surface area (Å²) in [5.74, 6) is -0.0512. The highest BCUT2D eigenvalue weighted by Gasteiger charge is 2.25. The van der Waals surface area contributed by atoms with Crippen LogP contribution in [0.15, 0.2) is 23.0 Å². The first-order chi connectivity index (χ1) is 11.7. The van der Waals surface area contributed by atoms with Gasteiger partial charge in [0.15, 0.2) is 0 Å². The summed E-state index contributed by atoms with van der Waals surface area (Å²) in [6.45, 7) is 4.06. The second-order valence-corrected chi connectivity index (χ2v) is 6.14. The summed E-state index contributed by atoms with van der Waals surface area (Å²) >= 11 is 0. The molecule has 0 aromatic carbocycles. The number of hydrogen-bond donors (Lipinski definition) is 0. The Kier molecular flexibility index (Phi) is 5.87. The van der Waals surface area contributed by atoms with Crippen molar-refractivity contribution < 1.29 is 23.5 Å². The number of furan rings is 1. The van der Waals surface area contributed by atoms with E-state index in [-0.39, 0.29) is 17.9 Å². The Morgan fingerprint density at radius 1 is 1.25 bits per heavy atom. The minimum Gasteiger partial charge on any atom is -0.472 e. The van der Waals surface area contributed by atoms with Crippen molar-refractivity contribution in [1.82, 2.24) is 9.80 Å². The van der Waals surface area contributed by atoms with Gasteiger partial charge in [0.05, 0.1) is 31.1 Å². The summed E-state index contributed by atoms with van der Waals surface area (Å²) in [5.41, 5.74) is 0.506. The largest absolute Gasteiger partial charge is 0.472 e. The highest BCUT2D eigenvalue weighted by molar-refractivity contribution is 5.94. The standard InChI is InChI=1S/C17H24N2O5/c20-16(18-6-10-22-11-7-18)3-5-19(12-15-2-1-8-24-15)17(21)14-4-9-23-13-14/h4,9,13,15H,1-3,5-8,10-12H2/t15-/m0/s1. The molecule has 0 N–H and O–H groups in total. The summed E-state index contributed by atoms with van der Waals surface area (Å²) in [6, 6.07) is 1.65. The number of morpholine rings is 1.